The van der Waals surface area contributed by atoms with Crippen LogP contribution in [-0.2, 0) is 11.3 Å². The Morgan fingerprint density at radius 1 is 1.06 bits per heavy atom. The van der Waals surface area contributed by atoms with E-state index in [2.05, 4.69) is 10.1 Å². The van der Waals surface area contributed by atoms with Crippen molar-refractivity contribution in [3.63, 3.8) is 0 Å². The van der Waals surface area contributed by atoms with Crippen molar-refractivity contribution in [3.8, 4) is 0 Å². The van der Waals surface area contributed by atoms with Crippen LogP contribution >= 0.6 is 0 Å². The van der Waals surface area contributed by atoms with Crippen LogP contribution in [0.1, 0.15) is 73.0 Å². The average Bonchev–Trinajstić information content (AvgIpc) is 3.29. The number of aromatic nitrogens is 2. The lowest BCUT2D eigenvalue weighted by atomic mass is 9.94. The fraction of sp³-hybridized carbons (Fsp3) is 0.346. The number of amides is 2. The summed E-state index contributed by atoms with van der Waals surface area (Å²) in [6.07, 6.45) is 1.68. The molecule has 1 unspecified atom stereocenters. The summed E-state index contributed by atoms with van der Waals surface area (Å²) in [6, 6.07) is 13.7. The predicted molar refractivity (Wildman–Crippen MR) is 128 cm³/mol. The van der Waals surface area contributed by atoms with E-state index < -0.39 is 5.41 Å². The average molecular weight is 463 g/mol. The van der Waals surface area contributed by atoms with E-state index in [1.165, 1.54) is 6.92 Å². The van der Waals surface area contributed by atoms with Crippen molar-refractivity contribution in [1.82, 2.24) is 15.0 Å². The lowest BCUT2D eigenvalue weighted by molar-refractivity contribution is -0.126. The first-order valence-electron chi connectivity index (χ1n) is 11.1. The Balaban J connectivity index is 1.85. The quantitative estimate of drug-likeness (QED) is 0.473. The van der Waals surface area contributed by atoms with Crippen molar-refractivity contribution in [2.75, 3.05) is 11.9 Å². The number of anilines is 1. The highest BCUT2D eigenvalue weighted by atomic mass is 16.5. The molecular weight excluding hydrogens is 432 g/mol. The van der Waals surface area contributed by atoms with Gasteiger partial charge in [0.2, 0.25) is 5.91 Å². The molecule has 0 aliphatic rings. The van der Waals surface area contributed by atoms with E-state index in [0.29, 0.717) is 17.0 Å². The smallest absolute Gasteiger partial charge is 0.276 e. The first-order valence-corrected chi connectivity index (χ1v) is 11.1. The van der Waals surface area contributed by atoms with E-state index in [1.807, 2.05) is 45.9 Å². The summed E-state index contributed by atoms with van der Waals surface area (Å²) in [4.78, 5) is 45.5. The molecule has 0 N–H and O–H groups in total. The van der Waals surface area contributed by atoms with Crippen LogP contribution in [0.25, 0.3) is 0 Å². The number of hydrogen-bond donors (Lipinski definition) is 0. The summed E-state index contributed by atoms with van der Waals surface area (Å²) < 4.78 is 5.44. The highest BCUT2D eigenvalue weighted by molar-refractivity contribution is 5.99. The van der Waals surface area contributed by atoms with Gasteiger partial charge >= 0.3 is 0 Å². The van der Waals surface area contributed by atoms with Gasteiger partial charge in [-0.2, -0.15) is 0 Å². The maximum atomic E-state index is 13.2. The molecule has 1 aromatic carbocycles. The van der Waals surface area contributed by atoms with Crippen LogP contribution in [0.4, 0.5) is 5.69 Å². The molecule has 0 saturated heterocycles. The van der Waals surface area contributed by atoms with Crippen molar-refractivity contribution >= 4 is 23.3 Å². The number of carbonyl (C=O) groups excluding carboxylic acids is 3. The van der Waals surface area contributed by atoms with Crippen LogP contribution in [0.3, 0.4) is 0 Å². The Morgan fingerprint density at radius 3 is 2.41 bits per heavy atom. The van der Waals surface area contributed by atoms with Crippen molar-refractivity contribution in [1.29, 1.82) is 0 Å². The minimum absolute atomic E-state index is 0.0667. The van der Waals surface area contributed by atoms with Gasteiger partial charge in [0, 0.05) is 36.0 Å². The summed E-state index contributed by atoms with van der Waals surface area (Å²) >= 11 is 0. The normalized spacial score (nSPS) is 12.2. The van der Waals surface area contributed by atoms with Crippen molar-refractivity contribution in [3.05, 3.63) is 77.4 Å². The monoisotopic (exact) mass is 462 g/mol. The van der Waals surface area contributed by atoms with Gasteiger partial charge in [-0.1, -0.05) is 44.1 Å². The number of benzene rings is 1. The minimum atomic E-state index is -0.677. The molecule has 0 spiro atoms. The van der Waals surface area contributed by atoms with Gasteiger partial charge in [-0.05, 0) is 38.1 Å². The molecule has 2 aromatic heterocycles. The van der Waals surface area contributed by atoms with Crippen LogP contribution in [0.5, 0.6) is 0 Å². The number of rotatable bonds is 7. The summed E-state index contributed by atoms with van der Waals surface area (Å²) in [5.41, 5.74) is 1.29. The van der Waals surface area contributed by atoms with E-state index in [-0.39, 0.29) is 35.9 Å². The number of nitrogens with zero attached hydrogens (tertiary/aromatic N) is 4. The summed E-state index contributed by atoms with van der Waals surface area (Å²) in [6.45, 7) is 8.89. The minimum Gasteiger partial charge on any atom is -0.359 e. The molecule has 0 bridgehead atoms. The fourth-order valence-corrected chi connectivity index (χ4v) is 3.40. The predicted octanol–water partition coefficient (Wildman–Crippen LogP) is 4.68. The molecule has 34 heavy (non-hydrogen) atoms. The van der Waals surface area contributed by atoms with Crippen LogP contribution in [0.2, 0.25) is 0 Å². The molecule has 0 fully saturated rings. The van der Waals surface area contributed by atoms with Crippen LogP contribution in [-0.4, -0.2) is 39.7 Å². The zero-order chi connectivity index (χ0) is 25.0. The van der Waals surface area contributed by atoms with E-state index in [0.717, 1.165) is 5.69 Å². The van der Waals surface area contributed by atoms with Crippen molar-refractivity contribution in [2.24, 2.45) is 5.41 Å². The van der Waals surface area contributed by atoms with Gasteiger partial charge in [0.25, 0.3) is 5.91 Å². The summed E-state index contributed by atoms with van der Waals surface area (Å²) in [5.74, 6) is -0.213. The first kappa shape index (κ1) is 24.8. The Kier molecular flexibility index (Phi) is 7.29. The molecule has 2 amide bonds. The Morgan fingerprint density at radius 2 is 1.79 bits per heavy atom. The zero-order valence-corrected chi connectivity index (χ0v) is 20.4. The third kappa shape index (κ3) is 5.57. The Bertz CT molecular complexity index is 1180. The van der Waals surface area contributed by atoms with Gasteiger partial charge in [-0.3, -0.25) is 19.4 Å². The summed E-state index contributed by atoms with van der Waals surface area (Å²) in [5, 5.41) is 3.95. The first-order chi connectivity index (χ1) is 16.0. The van der Waals surface area contributed by atoms with E-state index in [9.17, 15) is 14.4 Å². The van der Waals surface area contributed by atoms with Gasteiger partial charge in [0.15, 0.2) is 17.2 Å². The lowest BCUT2D eigenvalue weighted by Gasteiger charge is -2.29. The van der Waals surface area contributed by atoms with Crippen LogP contribution < -0.4 is 4.90 Å². The molecule has 178 valence electrons. The lowest BCUT2D eigenvalue weighted by Crippen LogP contribution is -2.39. The van der Waals surface area contributed by atoms with Crippen molar-refractivity contribution < 1.29 is 18.9 Å². The van der Waals surface area contributed by atoms with Gasteiger partial charge in [-0.15, -0.1) is 0 Å². The molecule has 0 saturated carbocycles. The highest BCUT2D eigenvalue weighted by Crippen LogP contribution is 2.27. The van der Waals surface area contributed by atoms with Gasteiger partial charge in [0.05, 0.1) is 18.3 Å². The molecule has 8 nitrogen and oxygen atoms in total. The highest BCUT2D eigenvalue weighted by Gasteiger charge is 2.30. The SMILES string of the molecule is CC(=O)c1cccc(N(Cc2cc(C(=O)N(C)C(C)c3ccccn3)no2)C(=O)C(C)(C)C)c1. The van der Waals surface area contributed by atoms with E-state index in [4.69, 9.17) is 4.52 Å². The van der Waals surface area contributed by atoms with Gasteiger partial charge < -0.3 is 14.3 Å². The standard InChI is InChI=1S/C26H30N4O4/c1-17(22-12-7-8-13-27-22)29(6)24(32)23-15-21(34-28-23)16-30(25(33)26(3,4)5)20-11-9-10-19(14-20)18(2)31/h7-15,17H,16H2,1-6H3. The van der Waals surface area contributed by atoms with Crippen LogP contribution in [0.15, 0.2) is 59.3 Å². The maximum Gasteiger partial charge on any atom is 0.276 e. The Labute approximate surface area is 199 Å². The van der Waals surface area contributed by atoms with Crippen LogP contribution in [0, 0.1) is 5.41 Å². The number of pyridine rings is 1. The fourth-order valence-electron chi connectivity index (χ4n) is 3.40. The molecule has 1 atom stereocenters. The molecule has 3 aromatic rings. The summed E-state index contributed by atoms with van der Waals surface area (Å²) in [7, 11) is 1.68. The Hall–Kier alpha value is -3.81. The molecule has 2 heterocycles. The maximum absolute atomic E-state index is 13.2. The largest absolute Gasteiger partial charge is 0.359 e. The number of hydrogen-bond acceptors (Lipinski definition) is 6. The third-order valence-electron chi connectivity index (χ3n) is 5.56. The molecular formula is C26H30N4O4. The molecule has 0 aliphatic heterocycles. The van der Waals surface area contributed by atoms with E-state index >= 15 is 0 Å². The second-order valence-corrected chi connectivity index (χ2v) is 9.27. The zero-order valence-electron chi connectivity index (χ0n) is 20.4. The molecule has 3 rings (SSSR count). The van der Waals surface area contributed by atoms with E-state index in [1.54, 1.807) is 53.4 Å². The third-order valence-corrected chi connectivity index (χ3v) is 5.56. The topological polar surface area (TPSA) is 96.6 Å². The number of ketones is 1. The molecule has 0 aliphatic carbocycles. The van der Waals surface area contributed by atoms with Crippen molar-refractivity contribution in [2.45, 2.75) is 47.2 Å². The second-order valence-electron chi connectivity index (χ2n) is 9.27. The molecule has 0 radical (unpaired) electrons. The van der Waals surface area contributed by atoms with Gasteiger partial charge in [0.1, 0.15) is 0 Å². The number of carbonyl (C=O) groups is 3. The molecule has 8 heteroatoms. The van der Waals surface area contributed by atoms with Gasteiger partial charge in [-0.25, -0.2) is 0 Å². The second kappa shape index (κ2) is 9.99. The number of Topliss-reactive ketones (excluding diaryl/α,β-unsaturated/α-hetero) is 1.